The Morgan fingerprint density at radius 2 is 1.03 bits per heavy atom. The fraction of sp³-hybridized carbons (Fsp3) is 0.294. The summed E-state index contributed by atoms with van der Waals surface area (Å²) >= 11 is 7.05. The molecule has 1 saturated heterocycles. The Bertz CT molecular complexity index is 2190. The number of hydrogen-bond donors (Lipinski definition) is 0. The molecule has 1 aliphatic rings. The van der Waals surface area contributed by atoms with Gasteiger partial charge in [0.15, 0.2) is 0 Å². The Balaban J connectivity index is 1.34. The summed E-state index contributed by atoms with van der Waals surface area (Å²) in [7, 11) is 1.35. The highest BCUT2D eigenvalue weighted by Gasteiger charge is 2.49. The lowest BCUT2D eigenvalue weighted by Crippen LogP contribution is -2.58. The maximum atomic E-state index is 9.12. The van der Waals surface area contributed by atoms with Crippen LogP contribution in [0, 0.1) is 0 Å². The molecule has 58 heavy (non-hydrogen) atoms. The number of halogens is 1. The molecule has 0 aromatic heterocycles. The maximum Gasteiger partial charge on any atom is 0.117 e. The van der Waals surface area contributed by atoms with Gasteiger partial charge in [-0.05, 0) is 69.0 Å². The van der Waals surface area contributed by atoms with E-state index in [9.17, 15) is 0 Å². The summed E-state index contributed by atoms with van der Waals surface area (Å²) in [4.78, 5) is 0. The molecule has 0 N–H and O–H groups in total. The first-order chi connectivity index (χ1) is 29.3. The van der Waals surface area contributed by atoms with Crippen molar-refractivity contribution in [1.82, 2.24) is 0 Å². The van der Waals surface area contributed by atoms with Crippen LogP contribution in [0.25, 0.3) is 0 Å². The lowest BCUT2D eigenvalue weighted by atomic mass is 9.87. The van der Waals surface area contributed by atoms with E-state index in [4.69, 9.17) is 42.8 Å². The molecule has 0 radical (unpaired) electrons. The molecule has 0 bridgehead atoms. The van der Waals surface area contributed by atoms with Gasteiger partial charge in [0, 0.05) is 12.1 Å². The first-order valence-corrected chi connectivity index (χ1v) is 20.4. The largest absolute Gasteiger partial charge is 0.380 e. The van der Waals surface area contributed by atoms with Crippen LogP contribution in [-0.2, 0) is 74.2 Å². The van der Waals surface area contributed by atoms with Gasteiger partial charge in [0.25, 0.3) is 0 Å². The Kier molecular flexibility index (Phi) is 14.3. The van der Waals surface area contributed by atoms with E-state index in [2.05, 4.69) is 31.2 Å². The molecule has 0 aliphatic carbocycles. The van der Waals surface area contributed by atoms with Gasteiger partial charge in [0.05, 0.1) is 42.3 Å². The molecule has 7 rings (SSSR count). The zero-order valence-electron chi connectivity index (χ0n) is 35.2. The highest BCUT2D eigenvalue weighted by atomic mass is 35.5. The molecule has 0 unspecified atom stereocenters. The second-order valence-electron chi connectivity index (χ2n) is 14.6. The van der Waals surface area contributed by atoms with Crippen molar-refractivity contribution >= 4 is 11.6 Å². The van der Waals surface area contributed by atoms with Crippen molar-refractivity contribution in [3.8, 4) is 0 Å². The summed E-state index contributed by atoms with van der Waals surface area (Å²) < 4.78 is 58.3. The second-order valence-corrected chi connectivity index (χ2v) is 15.0. The van der Waals surface area contributed by atoms with E-state index in [1.165, 1.54) is 12.7 Å². The maximum absolute atomic E-state index is 9.12. The molecule has 6 nitrogen and oxygen atoms in total. The summed E-state index contributed by atoms with van der Waals surface area (Å²) in [6.45, 7) is 1.25. The zero-order valence-corrected chi connectivity index (χ0v) is 33.9. The third kappa shape index (κ3) is 11.3. The number of hydrogen-bond acceptors (Lipinski definition) is 6. The van der Waals surface area contributed by atoms with Gasteiger partial charge in [-0.25, -0.2) is 0 Å². The van der Waals surface area contributed by atoms with E-state index in [0.29, 0.717) is 30.2 Å². The van der Waals surface area contributed by atoms with Crippen LogP contribution >= 0.6 is 11.6 Å². The molecule has 0 spiro atoms. The normalized spacial score (nSPS) is 20.0. The monoisotopic (exact) mass is 798 g/mol. The van der Waals surface area contributed by atoms with Gasteiger partial charge in [0.2, 0.25) is 0 Å². The Labute approximate surface area is 351 Å². The molecule has 300 valence electrons. The Morgan fingerprint density at radius 3 is 1.55 bits per heavy atom. The van der Waals surface area contributed by atoms with Gasteiger partial charge < -0.3 is 28.4 Å². The van der Waals surface area contributed by atoms with Crippen LogP contribution in [0.4, 0.5) is 0 Å². The number of aryl methyl sites for hydroxylation is 1. The van der Waals surface area contributed by atoms with Crippen molar-refractivity contribution < 1.29 is 31.2 Å². The molecular weight excluding hydrogens is 744 g/mol. The molecule has 0 amide bonds. The predicted molar refractivity (Wildman–Crippen MR) is 230 cm³/mol. The number of rotatable bonds is 19. The smallest absolute Gasteiger partial charge is 0.117 e. The molecule has 1 aliphatic heterocycles. The SMILES string of the molecule is [2H]C([2H])(OC)c1cc(Cl)c(Cc2ccc(CC)cc2)cc1[C@@H]1O[C@H](COCc2ccccc2)[C@@H](OCc2ccccc2)[C@H](OCc2ccccc2)[C@H]1OCc1ccccc1. The summed E-state index contributed by atoms with van der Waals surface area (Å²) in [6.07, 6.45) is -2.22. The van der Waals surface area contributed by atoms with Crippen LogP contribution in [0.15, 0.2) is 158 Å². The first-order valence-electron chi connectivity index (χ1n) is 21.0. The summed E-state index contributed by atoms with van der Waals surface area (Å²) in [6, 6.07) is 52.1. The average Bonchev–Trinajstić information content (AvgIpc) is 3.29. The van der Waals surface area contributed by atoms with E-state index in [1.807, 2.05) is 127 Å². The minimum Gasteiger partial charge on any atom is -0.380 e. The van der Waals surface area contributed by atoms with Crippen LogP contribution in [0.3, 0.4) is 0 Å². The molecule has 5 atom stereocenters. The fourth-order valence-corrected chi connectivity index (χ4v) is 7.59. The molecular formula is C51H53ClO6. The zero-order chi connectivity index (χ0) is 41.7. The summed E-state index contributed by atoms with van der Waals surface area (Å²) in [5.41, 5.74) is 7.91. The highest BCUT2D eigenvalue weighted by molar-refractivity contribution is 6.31. The summed E-state index contributed by atoms with van der Waals surface area (Å²) in [5, 5.41) is 0.426. The minimum absolute atomic E-state index is 0.165. The Morgan fingerprint density at radius 1 is 0.552 bits per heavy atom. The molecule has 6 aromatic rings. The quantitative estimate of drug-likeness (QED) is 0.0813. The highest BCUT2D eigenvalue weighted by Crippen LogP contribution is 2.41. The average molecular weight is 799 g/mol. The van der Waals surface area contributed by atoms with Crippen molar-refractivity contribution in [3.05, 3.63) is 213 Å². The predicted octanol–water partition coefficient (Wildman–Crippen LogP) is 11.1. The van der Waals surface area contributed by atoms with Crippen LogP contribution in [0.5, 0.6) is 0 Å². The van der Waals surface area contributed by atoms with Crippen molar-refractivity contribution in [3.63, 3.8) is 0 Å². The van der Waals surface area contributed by atoms with Gasteiger partial charge in [-0.1, -0.05) is 170 Å². The minimum atomic E-state index is -2.23. The standard InChI is InChI=1S/C51H53ClO6/c1-3-37-24-26-38(27-25-37)28-43-29-45(44(35-53-2)30-46(43)52)48-50(56-33-41-20-12-6-13-21-41)51(57-34-42-22-14-7-15-23-42)49(55-32-40-18-10-5-11-19-40)47(58-48)36-54-31-39-16-8-4-9-17-39/h4-27,29-30,47-51H,3,28,31-36H2,1-2H3/t47-,48+,49-,50+,51+/m1/s1/i35D2. The van der Waals surface area contributed by atoms with Crippen LogP contribution in [0.1, 0.15) is 65.8 Å². The molecule has 0 saturated carbocycles. The van der Waals surface area contributed by atoms with Crippen molar-refractivity contribution in [1.29, 1.82) is 0 Å². The van der Waals surface area contributed by atoms with Crippen molar-refractivity contribution in [2.24, 2.45) is 0 Å². The first kappa shape index (κ1) is 38.9. The topological polar surface area (TPSA) is 55.4 Å². The van der Waals surface area contributed by atoms with Crippen LogP contribution < -0.4 is 0 Å². The van der Waals surface area contributed by atoms with Crippen molar-refractivity contribution in [2.45, 2.75) is 83.3 Å². The molecule has 6 aromatic carbocycles. The Hall–Kier alpha value is -4.63. The lowest BCUT2D eigenvalue weighted by molar-refractivity contribution is -0.275. The molecule has 7 heteroatoms. The van der Waals surface area contributed by atoms with E-state index in [1.54, 1.807) is 6.07 Å². The molecule has 1 heterocycles. The van der Waals surface area contributed by atoms with Gasteiger partial charge in [-0.15, -0.1) is 0 Å². The number of ether oxygens (including phenoxy) is 6. The third-order valence-corrected chi connectivity index (χ3v) is 10.8. The number of methoxy groups -OCH3 is 1. The van der Waals surface area contributed by atoms with Gasteiger partial charge >= 0.3 is 0 Å². The van der Waals surface area contributed by atoms with E-state index >= 15 is 0 Å². The summed E-state index contributed by atoms with van der Waals surface area (Å²) in [5.74, 6) is 0. The van der Waals surface area contributed by atoms with Gasteiger partial charge in [-0.3, -0.25) is 0 Å². The van der Waals surface area contributed by atoms with Gasteiger partial charge in [0.1, 0.15) is 30.5 Å². The fourth-order valence-electron chi connectivity index (χ4n) is 7.36. The van der Waals surface area contributed by atoms with Crippen LogP contribution in [0.2, 0.25) is 5.02 Å². The van der Waals surface area contributed by atoms with Crippen molar-refractivity contribution in [2.75, 3.05) is 13.7 Å². The van der Waals surface area contributed by atoms with E-state index in [0.717, 1.165) is 39.8 Å². The van der Waals surface area contributed by atoms with Crippen LogP contribution in [-0.4, -0.2) is 38.1 Å². The third-order valence-electron chi connectivity index (χ3n) is 10.4. The van der Waals surface area contributed by atoms with Gasteiger partial charge in [-0.2, -0.15) is 0 Å². The lowest BCUT2D eigenvalue weighted by Gasteiger charge is -2.47. The van der Waals surface area contributed by atoms with E-state index < -0.39 is 37.1 Å². The molecule has 1 fully saturated rings. The second kappa shape index (κ2) is 21.4. The number of benzene rings is 6. The van der Waals surface area contributed by atoms with E-state index in [-0.39, 0.29) is 25.4 Å².